The molecule has 4 aromatic heterocycles. The lowest BCUT2D eigenvalue weighted by atomic mass is 10.2. The standard InChI is InChI=1S/C17H15F3N8/c18-17(19,20)13-10-27-9-12(1-2-14(27)22-13)25-5-7-26(8-6-25)16-4-3-15-23-21-11-28(15)24-16/h1-4,9-11H,5-8H2. The van der Waals surface area contributed by atoms with Crippen molar-refractivity contribution < 1.29 is 13.2 Å². The molecule has 4 aromatic rings. The number of pyridine rings is 1. The maximum atomic E-state index is 12.9. The monoisotopic (exact) mass is 388 g/mol. The van der Waals surface area contributed by atoms with E-state index in [2.05, 4.69) is 30.1 Å². The molecular formula is C17H15F3N8. The summed E-state index contributed by atoms with van der Waals surface area (Å²) < 4.78 is 41.6. The number of hydrogen-bond acceptors (Lipinski definition) is 6. The molecule has 0 spiro atoms. The molecule has 1 aliphatic heterocycles. The summed E-state index contributed by atoms with van der Waals surface area (Å²) in [5.41, 5.74) is 0.945. The van der Waals surface area contributed by atoms with E-state index < -0.39 is 11.9 Å². The van der Waals surface area contributed by atoms with Gasteiger partial charge in [0.1, 0.15) is 17.8 Å². The molecule has 1 aliphatic rings. The number of piperazine rings is 1. The molecule has 0 N–H and O–H groups in total. The molecule has 0 radical (unpaired) electrons. The van der Waals surface area contributed by atoms with Gasteiger partial charge in [0.2, 0.25) is 0 Å². The van der Waals surface area contributed by atoms with E-state index in [0.29, 0.717) is 5.65 Å². The van der Waals surface area contributed by atoms with Crippen LogP contribution in [0.2, 0.25) is 0 Å². The summed E-state index contributed by atoms with van der Waals surface area (Å²) in [5, 5.41) is 12.3. The number of anilines is 2. The first-order valence-corrected chi connectivity index (χ1v) is 8.70. The third-order valence-corrected chi connectivity index (χ3v) is 4.84. The molecule has 0 aliphatic carbocycles. The normalized spacial score (nSPS) is 15.7. The Balaban J connectivity index is 1.33. The van der Waals surface area contributed by atoms with E-state index in [1.54, 1.807) is 29.2 Å². The van der Waals surface area contributed by atoms with E-state index in [9.17, 15) is 13.2 Å². The molecule has 0 amide bonds. The minimum atomic E-state index is -4.45. The molecular weight excluding hydrogens is 373 g/mol. The van der Waals surface area contributed by atoms with E-state index in [-0.39, 0.29) is 5.65 Å². The zero-order chi connectivity index (χ0) is 19.3. The van der Waals surface area contributed by atoms with Crippen LogP contribution in [0.5, 0.6) is 0 Å². The van der Waals surface area contributed by atoms with Crippen LogP contribution >= 0.6 is 0 Å². The molecule has 144 valence electrons. The molecule has 8 nitrogen and oxygen atoms in total. The zero-order valence-corrected chi connectivity index (χ0v) is 14.6. The highest BCUT2D eigenvalue weighted by molar-refractivity contribution is 5.54. The van der Waals surface area contributed by atoms with Gasteiger partial charge in [0.05, 0.1) is 5.69 Å². The lowest BCUT2D eigenvalue weighted by Gasteiger charge is -2.36. The number of aromatic nitrogens is 6. The summed E-state index contributed by atoms with van der Waals surface area (Å²) in [7, 11) is 0. The Kier molecular flexibility index (Phi) is 3.64. The van der Waals surface area contributed by atoms with Crippen molar-refractivity contribution in [3.05, 3.63) is 48.7 Å². The fourth-order valence-electron chi connectivity index (χ4n) is 3.38. The molecule has 1 saturated heterocycles. The summed E-state index contributed by atoms with van der Waals surface area (Å²) in [6, 6.07) is 7.20. The number of imidazole rings is 1. The summed E-state index contributed by atoms with van der Waals surface area (Å²) in [4.78, 5) is 7.93. The molecule has 28 heavy (non-hydrogen) atoms. The smallest absolute Gasteiger partial charge is 0.367 e. The van der Waals surface area contributed by atoms with Crippen LogP contribution in [0.15, 0.2) is 43.0 Å². The van der Waals surface area contributed by atoms with Gasteiger partial charge in [0.25, 0.3) is 0 Å². The third kappa shape index (κ3) is 2.88. The van der Waals surface area contributed by atoms with Crippen LogP contribution in [0.4, 0.5) is 24.7 Å². The first-order chi connectivity index (χ1) is 13.5. The highest BCUT2D eigenvalue weighted by Gasteiger charge is 2.34. The fourth-order valence-corrected chi connectivity index (χ4v) is 3.38. The van der Waals surface area contributed by atoms with Crippen molar-refractivity contribution in [2.45, 2.75) is 6.18 Å². The Bertz CT molecular complexity index is 1140. The van der Waals surface area contributed by atoms with Crippen molar-refractivity contribution in [1.82, 2.24) is 29.2 Å². The van der Waals surface area contributed by atoms with Crippen LogP contribution in [-0.4, -0.2) is 55.4 Å². The molecule has 0 saturated carbocycles. The van der Waals surface area contributed by atoms with Gasteiger partial charge in [0.15, 0.2) is 11.3 Å². The largest absolute Gasteiger partial charge is 0.434 e. The summed E-state index contributed by atoms with van der Waals surface area (Å²) in [5.74, 6) is 0.840. The Hall–Kier alpha value is -3.37. The topological polar surface area (TPSA) is 66.9 Å². The van der Waals surface area contributed by atoms with Crippen molar-refractivity contribution in [3.63, 3.8) is 0 Å². The van der Waals surface area contributed by atoms with E-state index in [1.165, 1.54) is 4.40 Å². The quantitative estimate of drug-likeness (QED) is 0.524. The lowest BCUT2D eigenvalue weighted by Crippen LogP contribution is -2.47. The van der Waals surface area contributed by atoms with Crippen molar-refractivity contribution in [1.29, 1.82) is 0 Å². The second-order valence-corrected chi connectivity index (χ2v) is 6.58. The highest BCUT2D eigenvalue weighted by Crippen LogP contribution is 2.29. The van der Waals surface area contributed by atoms with Gasteiger partial charge < -0.3 is 14.2 Å². The molecule has 0 unspecified atom stereocenters. The zero-order valence-electron chi connectivity index (χ0n) is 14.6. The number of nitrogens with zero attached hydrogens (tertiary/aromatic N) is 8. The maximum Gasteiger partial charge on any atom is 0.434 e. The fraction of sp³-hybridized carbons (Fsp3) is 0.294. The van der Waals surface area contributed by atoms with E-state index in [0.717, 1.165) is 43.9 Å². The Morgan fingerprint density at radius 2 is 1.61 bits per heavy atom. The summed E-state index contributed by atoms with van der Waals surface area (Å²) >= 11 is 0. The van der Waals surface area contributed by atoms with E-state index >= 15 is 0 Å². The number of alkyl halides is 3. The molecule has 5 heterocycles. The first kappa shape index (κ1) is 16.8. The van der Waals surface area contributed by atoms with Crippen LogP contribution in [0.1, 0.15) is 5.69 Å². The molecule has 11 heteroatoms. The molecule has 0 atom stereocenters. The van der Waals surface area contributed by atoms with Gasteiger partial charge in [-0.15, -0.1) is 15.3 Å². The molecule has 5 rings (SSSR count). The second-order valence-electron chi connectivity index (χ2n) is 6.58. The van der Waals surface area contributed by atoms with Gasteiger partial charge in [-0.1, -0.05) is 0 Å². The minimum Gasteiger partial charge on any atom is -0.367 e. The second kappa shape index (κ2) is 6.08. The van der Waals surface area contributed by atoms with Gasteiger partial charge in [-0.05, 0) is 24.3 Å². The van der Waals surface area contributed by atoms with Crippen LogP contribution in [0.3, 0.4) is 0 Å². The van der Waals surface area contributed by atoms with Crippen LogP contribution < -0.4 is 9.80 Å². The van der Waals surface area contributed by atoms with Crippen molar-refractivity contribution in [2.75, 3.05) is 36.0 Å². The Morgan fingerprint density at radius 3 is 2.39 bits per heavy atom. The van der Waals surface area contributed by atoms with E-state index in [1.807, 2.05) is 12.1 Å². The maximum absolute atomic E-state index is 12.9. The van der Waals surface area contributed by atoms with Gasteiger partial charge in [-0.25, -0.2) is 4.98 Å². The Morgan fingerprint density at radius 1 is 0.857 bits per heavy atom. The van der Waals surface area contributed by atoms with Crippen LogP contribution in [0.25, 0.3) is 11.3 Å². The molecule has 0 aromatic carbocycles. The minimum absolute atomic E-state index is 0.279. The van der Waals surface area contributed by atoms with Crippen molar-refractivity contribution >= 4 is 22.8 Å². The highest BCUT2D eigenvalue weighted by atomic mass is 19.4. The predicted molar refractivity (Wildman–Crippen MR) is 95.4 cm³/mol. The van der Waals surface area contributed by atoms with Crippen LogP contribution in [0, 0.1) is 0 Å². The number of rotatable bonds is 2. The van der Waals surface area contributed by atoms with Gasteiger partial charge in [-0.2, -0.15) is 17.7 Å². The van der Waals surface area contributed by atoms with Gasteiger partial charge in [-0.3, -0.25) is 0 Å². The molecule has 0 bridgehead atoms. The van der Waals surface area contributed by atoms with Crippen molar-refractivity contribution in [2.24, 2.45) is 0 Å². The lowest BCUT2D eigenvalue weighted by molar-refractivity contribution is -0.140. The van der Waals surface area contributed by atoms with Crippen LogP contribution in [-0.2, 0) is 6.18 Å². The average Bonchev–Trinajstić information content (AvgIpc) is 3.33. The predicted octanol–water partition coefficient (Wildman–Crippen LogP) is 2.12. The van der Waals surface area contributed by atoms with E-state index in [4.69, 9.17) is 0 Å². The number of halogens is 3. The Labute approximate surface area is 156 Å². The average molecular weight is 388 g/mol. The van der Waals surface area contributed by atoms with Gasteiger partial charge >= 0.3 is 6.18 Å². The summed E-state index contributed by atoms with van der Waals surface area (Å²) in [6.45, 7) is 2.95. The SMILES string of the molecule is FC(F)(F)c1cn2cc(N3CCN(c4ccc5nncn5n4)CC3)ccc2n1. The third-order valence-electron chi connectivity index (χ3n) is 4.84. The number of hydrogen-bond donors (Lipinski definition) is 0. The van der Waals surface area contributed by atoms with Crippen molar-refractivity contribution in [3.8, 4) is 0 Å². The van der Waals surface area contributed by atoms with Gasteiger partial charge in [0, 0.05) is 38.6 Å². The summed E-state index contributed by atoms with van der Waals surface area (Å²) in [6.07, 6.45) is -0.177. The molecule has 1 fully saturated rings. The first-order valence-electron chi connectivity index (χ1n) is 8.70. The number of fused-ring (bicyclic) bond motifs is 2.